The molecule has 0 saturated heterocycles. The van der Waals surface area contributed by atoms with Crippen molar-refractivity contribution in [3.8, 4) is 0 Å². The Morgan fingerprint density at radius 3 is 2.72 bits per heavy atom. The average molecular weight is 269 g/mol. The molecule has 0 saturated carbocycles. The number of amides is 1. The number of nitrogens with one attached hydrogen (secondary N) is 2. The van der Waals surface area contributed by atoms with Crippen molar-refractivity contribution in [1.29, 1.82) is 0 Å². The maximum Gasteiger partial charge on any atom is 0.253 e. The highest BCUT2D eigenvalue weighted by molar-refractivity contribution is 6.31. The van der Waals surface area contributed by atoms with Crippen LogP contribution in [0.25, 0.3) is 0 Å². The summed E-state index contributed by atoms with van der Waals surface area (Å²) < 4.78 is 0. The van der Waals surface area contributed by atoms with Crippen LogP contribution in [0, 0.1) is 0 Å². The van der Waals surface area contributed by atoms with Gasteiger partial charge in [0.2, 0.25) is 0 Å². The van der Waals surface area contributed by atoms with Crippen molar-refractivity contribution in [2.45, 2.75) is 39.7 Å². The molecule has 0 aliphatic carbocycles. The number of anilines is 1. The fraction of sp³-hybridized carbons (Fsp3) is 0.500. The lowest BCUT2D eigenvalue weighted by molar-refractivity contribution is 0.0939. The smallest absolute Gasteiger partial charge is 0.253 e. The molecule has 0 bridgehead atoms. The molecule has 1 unspecified atom stereocenters. The Labute approximate surface area is 114 Å². The quantitative estimate of drug-likeness (QED) is 0.826. The maximum absolute atomic E-state index is 12.2. The second-order valence-electron chi connectivity index (χ2n) is 4.38. The number of halogens is 1. The van der Waals surface area contributed by atoms with E-state index in [1.54, 1.807) is 12.1 Å². The Morgan fingerprint density at radius 2 is 2.11 bits per heavy atom. The van der Waals surface area contributed by atoms with Crippen molar-refractivity contribution in [3.05, 3.63) is 28.8 Å². The normalized spacial score (nSPS) is 12.0. The third-order valence-corrected chi connectivity index (χ3v) is 2.93. The molecule has 1 amide bonds. The van der Waals surface area contributed by atoms with Gasteiger partial charge in [-0.05, 0) is 38.5 Å². The number of benzene rings is 1. The number of rotatable bonds is 6. The van der Waals surface area contributed by atoms with E-state index in [2.05, 4.69) is 17.6 Å². The van der Waals surface area contributed by atoms with Gasteiger partial charge in [0, 0.05) is 23.3 Å². The molecule has 4 heteroatoms. The summed E-state index contributed by atoms with van der Waals surface area (Å²) in [6, 6.07) is 5.50. The summed E-state index contributed by atoms with van der Waals surface area (Å²) in [6.45, 7) is 6.88. The summed E-state index contributed by atoms with van der Waals surface area (Å²) >= 11 is 5.95. The average Bonchev–Trinajstić information content (AvgIpc) is 2.32. The van der Waals surface area contributed by atoms with Gasteiger partial charge in [-0.15, -0.1) is 0 Å². The van der Waals surface area contributed by atoms with Crippen LogP contribution in [0.4, 0.5) is 5.69 Å². The zero-order chi connectivity index (χ0) is 13.5. The lowest BCUT2D eigenvalue weighted by atomic mass is 10.1. The second kappa shape index (κ2) is 7.27. The van der Waals surface area contributed by atoms with Crippen LogP contribution in [-0.2, 0) is 0 Å². The van der Waals surface area contributed by atoms with Crippen LogP contribution in [0.15, 0.2) is 18.2 Å². The summed E-state index contributed by atoms with van der Waals surface area (Å²) in [4.78, 5) is 12.2. The fourth-order valence-corrected chi connectivity index (χ4v) is 2.03. The van der Waals surface area contributed by atoms with Crippen LogP contribution >= 0.6 is 11.6 Å². The fourth-order valence-electron chi connectivity index (χ4n) is 1.86. The van der Waals surface area contributed by atoms with Crippen molar-refractivity contribution in [2.75, 3.05) is 11.9 Å². The van der Waals surface area contributed by atoms with Crippen LogP contribution in [0.2, 0.25) is 5.02 Å². The Kier molecular flexibility index (Phi) is 5.99. The molecule has 0 spiro atoms. The first kappa shape index (κ1) is 14.8. The topological polar surface area (TPSA) is 41.1 Å². The SMILES string of the molecule is CCCC(C)NC(=O)c1cc(Cl)ccc1NCC. The van der Waals surface area contributed by atoms with E-state index in [0.29, 0.717) is 10.6 Å². The molecular weight excluding hydrogens is 248 g/mol. The Bertz CT molecular complexity index is 407. The highest BCUT2D eigenvalue weighted by Crippen LogP contribution is 2.20. The van der Waals surface area contributed by atoms with E-state index < -0.39 is 0 Å². The summed E-state index contributed by atoms with van der Waals surface area (Å²) in [7, 11) is 0. The van der Waals surface area contributed by atoms with Crippen LogP contribution < -0.4 is 10.6 Å². The lowest BCUT2D eigenvalue weighted by Gasteiger charge is -2.15. The van der Waals surface area contributed by atoms with Crippen molar-refractivity contribution in [1.82, 2.24) is 5.32 Å². The first-order valence-electron chi connectivity index (χ1n) is 6.42. The third kappa shape index (κ3) is 4.22. The predicted octanol–water partition coefficient (Wildman–Crippen LogP) is 3.69. The van der Waals surface area contributed by atoms with Gasteiger partial charge in [0.1, 0.15) is 0 Å². The van der Waals surface area contributed by atoms with Gasteiger partial charge in [-0.3, -0.25) is 4.79 Å². The monoisotopic (exact) mass is 268 g/mol. The van der Waals surface area contributed by atoms with Gasteiger partial charge in [-0.2, -0.15) is 0 Å². The predicted molar refractivity (Wildman–Crippen MR) is 77.5 cm³/mol. The van der Waals surface area contributed by atoms with Crippen molar-refractivity contribution in [2.24, 2.45) is 0 Å². The molecule has 1 aromatic rings. The molecule has 1 rings (SSSR count). The lowest BCUT2D eigenvalue weighted by Crippen LogP contribution is -2.32. The molecule has 0 heterocycles. The Hall–Kier alpha value is -1.22. The second-order valence-corrected chi connectivity index (χ2v) is 4.82. The van der Waals surface area contributed by atoms with Crippen LogP contribution in [0.3, 0.4) is 0 Å². The summed E-state index contributed by atoms with van der Waals surface area (Å²) in [5.74, 6) is -0.0746. The van der Waals surface area contributed by atoms with Crippen molar-refractivity contribution in [3.63, 3.8) is 0 Å². The van der Waals surface area contributed by atoms with Gasteiger partial charge in [-0.1, -0.05) is 24.9 Å². The van der Waals surface area contributed by atoms with Gasteiger partial charge in [0.25, 0.3) is 5.91 Å². The summed E-state index contributed by atoms with van der Waals surface area (Å²) in [5, 5.41) is 6.73. The molecule has 18 heavy (non-hydrogen) atoms. The van der Waals surface area contributed by atoms with Gasteiger partial charge < -0.3 is 10.6 Å². The standard InChI is InChI=1S/C14H21ClN2O/c1-4-6-10(3)17-14(18)12-9-11(15)7-8-13(12)16-5-2/h7-10,16H,4-6H2,1-3H3,(H,17,18). The molecule has 1 aromatic carbocycles. The molecule has 1 atom stereocenters. The number of hydrogen-bond donors (Lipinski definition) is 2. The van der Waals surface area contributed by atoms with E-state index in [1.165, 1.54) is 0 Å². The van der Waals surface area contributed by atoms with Crippen molar-refractivity contribution < 1.29 is 4.79 Å². The number of carbonyl (C=O) groups excluding carboxylic acids is 1. The highest BCUT2D eigenvalue weighted by Gasteiger charge is 2.13. The molecular formula is C14H21ClN2O. The first-order valence-corrected chi connectivity index (χ1v) is 6.80. The summed E-state index contributed by atoms with van der Waals surface area (Å²) in [6.07, 6.45) is 2.03. The highest BCUT2D eigenvalue weighted by atomic mass is 35.5. The van der Waals surface area contributed by atoms with Gasteiger partial charge in [0.15, 0.2) is 0 Å². The van der Waals surface area contributed by atoms with E-state index in [-0.39, 0.29) is 11.9 Å². The van der Waals surface area contributed by atoms with E-state index in [9.17, 15) is 4.79 Å². The van der Waals surface area contributed by atoms with Gasteiger partial charge in [0.05, 0.1) is 5.56 Å². The molecule has 0 aliphatic heterocycles. The van der Waals surface area contributed by atoms with Crippen LogP contribution in [0.5, 0.6) is 0 Å². The zero-order valence-corrected chi connectivity index (χ0v) is 12.0. The van der Waals surface area contributed by atoms with E-state index in [1.807, 2.05) is 19.9 Å². The minimum Gasteiger partial charge on any atom is -0.385 e. The largest absolute Gasteiger partial charge is 0.385 e. The number of hydrogen-bond acceptors (Lipinski definition) is 2. The molecule has 0 aliphatic rings. The summed E-state index contributed by atoms with van der Waals surface area (Å²) in [5.41, 5.74) is 1.43. The molecule has 0 aromatic heterocycles. The third-order valence-electron chi connectivity index (χ3n) is 2.69. The minimum atomic E-state index is -0.0746. The van der Waals surface area contributed by atoms with Crippen molar-refractivity contribution >= 4 is 23.2 Å². The van der Waals surface area contributed by atoms with E-state index >= 15 is 0 Å². The molecule has 0 radical (unpaired) electrons. The zero-order valence-electron chi connectivity index (χ0n) is 11.2. The Morgan fingerprint density at radius 1 is 1.39 bits per heavy atom. The van der Waals surface area contributed by atoms with Crippen LogP contribution in [0.1, 0.15) is 44.0 Å². The van der Waals surface area contributed by atoms with Gasteiger partial charge >= 0.3 is 0 Å². The number of carbonyl (C=O) groups is 1. The maximum atomic E-state index is 12.2. The van der Waals surface area contributed by atoms with E-state index in [4.69, 9.17) is 11.6 Å². The molecule has 100 valence electrons. The minimum absolute atomic E-state index is 0.0746. The molecule has 0 fully saturated rings. The van der Waals surface area contributed by atoms with E-state index in [0.717, 1.165) is 25.1 Å². The Balaban J connectivity index is 2.85. The van der Waals surface area contributed by atoms with Gasteiger partial charge in [-0.25, -0.2) is 0 Å². The molecule has 2 N–H and O–H groups in total. The van der Waals surface area contributed by atoms with Crippen LogP contribution in [-0.4, -0.2) is 18.5 Å². The molecule has 3 nitrogen and oxygen atoms in total. The first-order chi connectivity index (χ1) is 8.58.